The molecule has 1 unspecified atom stereocenters. The second kappa shape index (κ2) is 6.83. The fourth-order valence-corrected chi connectivity index (χ4v) is 2.77. The SMILES string of the molecule is CCN(CC)C(CN)c1nc2ccccc2n1CCO. The number of likely N-dealkylation sites (N-methyl/N-ethyl adjacent to an activating group) is 1. The second-order valence-electron chi connectivity index (χ2n) is 4.81. The third kappa shape index (κ3) is 2.70. The number of benzene rings is 1. The van der Waals surface area contributed by atoms with Gasteiger partial charge in [-0.3, -0.25) is 4.90 Å². The van der Waals surface area contributed by atoms with Crippen LogP contribution in [0.2, 0.25) is 0 Å². The van der Waals surface area contributed by atoms with Crippen molar-refractivity contribution in [3.05, 3.63) is 30.1 Å². The molecule has 0 aliphatic heterocycles. The maximum absolute atomic E-state index is 9.34. The number of aliphatic hydroxyl groups excluding tert-OH is 1. The van der Waals surface area contributed by atoms with Crippen LogP contribution in [0.4, 0.5) is 0 Å². The molecule has 1 atom stereocenters. The summed E-state index contributed by atoms with van der Waals surface area (Å²) in [5.41, 5.74) is 8.00. The first kappa shape index (κ1) is 15.0. The average molecular weight is 276 g/mol. The van der Waals surface area contributed by atoms with Crippen LogP contribution in [0.5, 0.6) is 0 Å². The molecular weight excluding hydrogens is 252 g/mol. The first-order chi connectivity index (χ1) is 9.76. The molecule has 3 N–H and O–H groups in total. The van der Waals surface area contributed by atoms with Crippen molar-refractivity contribution >= 4 is 11.0 Å². The summed E-state index contributed by atoms with van der Waals surface area (Å²) in [5, 5.41) is 9.34. The van der Waals surface area contributed by atoms with Crippen molar-refractivity contribution in [1.29, 1.82) is 0 Å². The van der Waals surface area contributed by atoms with Gasteiger partial charge in [0, 0.05) is 13.1 Å². The lowest BCUT2D eigenvalue weighted by molar-refractivity contribution is 0.206. The van der Waals surface area contributed by atoms with E-state index in [4.69, 9.17) is 10.7 Å². The van der Waals surface area contributed by atoms with E-state index in [-0.39, 0.29) is 12.6 Å². The molecule has 0 bridgehead atoms. The monoisotopic (exact) mass is 276 g/mol. The molecule has 1 aromatic heterocycles. The van der Waals surface area contributed by atoms with Gasteiger partial charge in [-0.05, 0) is 25.2 Å². The zero-order valence-corrected chi connectivity index (χ0v) is 12.3. The minimum absolute atomic E-state index is 0.0870. The lowest BCUT2D eigenvalue weighted by Gasteiger charge is -2.28. The van der Waals surface area contributed by atoms with Crippen molar-refractivity contribution in [2.45, 2.75) is 26.4 Å². The Morgan fingerprint density at radius 1 is 1.30 bits per heavy atom. The highest BCUT2D eigenvalue weighted by Crippen LogP contribution is 2.24. The van der Waals surface area contributed by atoms with Crippen LogP contribution in [0.15, 0.2) is 24.3 Å². The van der Waals surface area contributed by atoms with E-state index in [9.17, 15) is 5.11 Å². The maximum Gasteiger partial charge on any atom is 0.128 e. The van der Waals surface area contributed by atoms with Crippen LogP contribution in [0, 0.1) is 0 Å². The minimum atomic E-state index is 0.0870. The molecule has 0 saturated carbocycles. The average Bonchev–Trinajstić information content (AvgIpc) is 2.84. The van der Waals surface area contributed by atoms with Gasteiger partial charge in [-0.25, -0.2) is 4.98 Å². The summed E-state index contributed by atoms with van der Waals surface area (Å²) in [6.07, 6.45) is 0. The summed E-state index contributed by atoms with van der Waals surface area (Å²) in [6.45, 7) is 7.30. The van der Waals surface area contributed by atoms with Gasteiger partial charge in [0.1, 0.15) is 5.82 Å². The van der Waals surface area contributed by atoms with Gasteiger partial charge in [0.05, 0.1) is 23.7 Å². The van der Waals surface area contributed by atoms with Crippen LogP contribution in [0.1, 0.15) is 25.7 Å². The number of imidazole rings is 1. The van der Waals surface area contributed by atoms with Crippen LogP contribution >= 0.6 is 0 Å². The zero-order chi connectivity index (χ0) is 14.5. The Labute approximate surface area is 120 Å². The molecule has 1 heterocycles. The molecule has 0 spiro atoms. The first-order valence-electron chi connectivity index (χ1n) is 7.26. The maximum atomic E-state index is 9.34. The van der Waals surface area contributed by atoms with E-state index < -0.39 is 0 Å². The molecule has 0 radical (unpaired) electrons. The Kier molecular flexibility index (Phi) is 5.11. The Balaban J connectivity index is 2.53. The Morgan fingerprint density at radius 3 is 2.60 bits per heavy atom. The number of aromatic nitrogens is 2. The third-order valence-corrected chi connectivity index (χ3v) is 3.78. The van der Waals surface area contributed by atoms with Crippen LogP contribution in [0.3, 0.4) is 0 Å². The Hall–Kier alpha value is -1.43. The molecule has 110 valence electrons. The summed E-state index contributed by atoms with van der Waals surface area (Å²) < 4.78 is 2.09. The lowest BCUT2D eigenvalue weighted by atomic mass is 10.2. The first-order valence-corrected chi connectivity index (χ1v) is 7.26. The molecule has 5 nitrogen and oxygen atoms in total. The van der Waals surface area contributed by atoms with Gasteiger partial charge >= 0.3 is 0 Å². The van der Waals surface area contributed by atoms with Crippen molar-refractivity contribution in [3.8, 4) is 0 Å². The predicted octanol–water partition coefficient (Wildman–Crippen LogP) is 1.37. The van der Waals surface area contributed by atoms with E-state index in [0.29, 0.717) is 13.1 Å². The number of hydrogen-bond acceptors (Lipinski definition) is 4. The van der Waals surface area contributed by atoms with Gasteiger partial charge in [-0.1, -0.05) is 26.0 Å². The minimum Gasteiger partial charge on any atom is -0.395 e. The number of nitrogens with zero attached hydrogens (tertiary/aromatic N) is 3. The van der Waals surface area contributed by atoms with Gasteiger partial charge in [0.2, 0.25) is 0 Å². The molecule has 5 heteroatoms. The molecule has 2 rings (SSSR count). The van der Waals surface area contributed by atoms with Crippen LogP contribution in [-0.2, 0) is 6.54 Å². The Morgan fingerprint density at radius 2 is 2.00 bits per heavy atom. The molecule has 1 aromatic carbocycles. The number of aliphatic hydroxyl groups is 1. The molecule has 20 heavy (non-hydrogen) atoms. The van der Waals surface area contributed by atoms with Gasteiger partial charge in [-0.15, -0.1) is 0 Å². The van der Waals surface area contributed by atoms with E-state index in [1.807, 2.05) is 24.3 Å². The summed E-state index contributed by atoms with van der Waals surface area (Å²) >= 11 is 0. The number of fused-ring (bicyclic) bond motifs is 1. The lowest BCUT2D eigenvalue weighted by Crippen LogP contribution is -2.35. The van der Waals surface area contributed by atoms with Crippen LogP contribution < -0.4 is 5.73 Å². The number of rotatable bonds is 7. The molecular formula is C15H24N4O. The standard InChI is InChI=1S/C15H24N4O/c1-3-18(4-2)14(11-16)15-17-12-7-5-6-8-13(12)19(15)9-10-20/h5-8,14,20H,3-4,9-11,16H2,1-2H3. The zero-order valence-electron chi connectivity index (χ0n) is 12.3. The number of para-hydroxylation sites is 2. The predicted molar refractivity (Wildman–Crippen MR) is 81.5 cm³/mol. The van der Waals surface area contributed by atoms with Crippen molar-refractivity contribution in [1.82, 2.24) is 14.5 Å². The van der Waals surface area contributed by atoms with E-state index in [0.717, 1.165) is 29.9 Å². The van der Waals surface area contributed by atoms with Crippen molar-refractivity contribution in [2.75, 3.05) is 26.2 Å². The molecule has 2 aromatic rings. The molecule has 0 aliphatic rings. The highest BCUT2D eigenvalue weighted by molar-refractivity contribution is 5.76. The fraction of sp³-hybridized carbons (Fsp3) is 0.533. The quantitative estimate of drug-likeness (QED) is 0.801. The van der Waals surface area contributed by atoms with Crippen molar-refractivity contribution in [2.24, 2.45) is 5.73 Å². The smallest absolute Gasteiger partial charge is 0.128 e. The van der Waals surface area contributed by atoms with E-state index in [1.54, 1.807) is 0 Å². The highest BCUT2D eigenvalue weighted by Gasteiger charge is 2.23. The van der Waals surface area contributed by atoms with Gasteiger partial charge in [0.15, 0.2) is 0 Å². The topological polar surface area (TPSA) is 67.3 Å². The summed E-state index contributed by atoms with van der Waals surface area (Å²) in [6, 6.07) is 8.11. The molecule has 0 fully saturated rings. The van der Waals surface area contributed by atoms with Gasteiger partial charge in [0.25, 0.3) is 0 Å². The van der Waals surface area contributed by atoms with Crippen molar-refractivity contribution < 1.29 is 5.11 Å². The van der Waals surface area contributed by atoms with E-state index in [2.05, 4.69) is 23.3 Å². The molecule has 0 aliphatic carbocycles. The van der Waals surface area contributed by atoms with Crippen LogP contribution in [0.25, 0.3) is 11.0 Å². The Bertz CT molecular complexity index is 548. The van der Waals surface area contributed by atoms with Gasteiger partial charge in [-0.2, -0.15) is 0 Å². The number of nitrogens with two attached hydrogens (primary N) is 1. The largest absolute Gasteiger partial charge is 0.395 e. The van der Waals surface area contributed by atoms with Gasteiger partial charge < -0.3 is 15.4 Å². The highest BCUT2D eigenvalue weighted by atomic mass is 16.3. The molecule has 0 saturated heterocycles. The normalized spacial score (nSPS) is 13.2. The summed E-state index contributed by atoms with van der Waals surface area (Å²) in [7, 11) is 0. The fourth-order valence-electron chi connectivity index (χ4n) is 2.77. The van der Waals surface area contributed by atoms with E-state index >= 15 is 0 Å². The third-order valence-electron chi connectivity index (χ3n) is 3.78. The van der Waals surface area contributed by atoms with Crippen molar-refractivity contribution in [3.63, 3.8) is 0 Å². The summed E-state index contributed by atoms with van der Waals surface area (Å²) in [5.74, 6) is 0.950. The molecule has 0 amide bonds. The number of hydrogen-bond donors (Lipinski definition) is 2. The summed E-state index contributed by atoms with van der Waals surface area (Å²) in [4.78, 5) is 7.05. The van der Waals surface area contributed by atoms with E-state index in [1.165, 1.54) is 0 Å². The van der Waals surface area contributed by atoms with Crippen LogP contribution in [-0.4, -0.2) is 45.8 Å². The second-order valence-corrected chi connectivity index (χ2v) is 4.81.